The molecule has 7 heteroatoms. The number of amides is 1. The summed E-state index contributed by atoms with van der Waals surface area (Å²) in [4.78, 5) is 22.6. The van der Waals surface area contributed by atoms with E-state index in [2.05, 4.69) is 31.1 Å². The summed E-state index contributed by atoms with van der Waals surface area (Å²) in [7, 11) is 0. The number of nitrogens with zero attached hydrogens (tertiary/aromatic N) is 5. The van der Waals surface area contributed by atoms with Crippen molar-refractivity contribution in [1.29, 1.82) is 0 Å². The Labute approximate surface area is 193 Å². The predicted octanol–water partition coefficient (Wildman–Crippen LogP) is 5.05. The van der Waals surface area contributed by atoms with Crippen LogP contribution in [0.25, 0.3) is 16.7 Å². The number of hydrogen-bond donors (Lipinski definition) is 1. The molecule has 0 radical (unpaired) electrons. The van der Waals surface area contributed by atoms with Crippen molar-refractivity contribution in [3.8, 4) is 5.69 Å². The number of benzene rings is 1. The Balaban J connectivity index is 1.47. The van der Waals surface area contributed by atoms with Gasteiger partial charge >= 0.3 is 0 Å². The highest BCUT2D eigenvalue weighted by molar-refractivity contribution is 6.06. The third-order valence-electron chi connectivity index (χ3n) is 6.25. The zero-order valence-electron chi connectivity index (χ0n) is 19.8. The summed E-state index contributed by atoms with van der Waals surface area (Å²) >= 11 is 0. The number of aromatic nitrogens is 5. The largest absolute Gasteiger partial charge is 0.345 e. The minimum absolute atomic E-state index is 0.0907. The Bertz CT molecular complexity index is 1310. The highest BCUT2D eigenvalue weighted by Gasteiger charge is 2.30. The number of pyridine rings is 1. The first-order chi connectivity index (χ1) is 15.7. The highest BCUT2D eigenvalue weighted by Crippen LogP contribution is 2.41. The van der Waals surface area contributed by atoms with E-state index in [1.54, 1.807) is 12.5 Å². The first-order valence-electron chi connectivity index (χ1n) is 11.5. The van der Waals surface area contributed by atoms with Crippen LogP contribution in [0.3, 0.4) is 0 Å². The summed E-state index contributed by atoms with van der Waals surface area (Å²) in [6.07, 6.45) is 7.69. The number of aryl methyl sites for hydroxylation is 1. The molecule has 4 aromatic rings. The zero-order valence-corrected chi connectivity index (χ0v) is 19.8. The molecule has 1 unspecified atom stereocenters. The van der Waals surface area contributed by atoms with Crippen molar-refractivity contribution in [3.05, 3.63) is 71.6 Å². The Hall–Kier alpha value is -3.48. The lowest BCUT2D eigenvalue weighted by molar-refractivity contribution is 0.0941. The molecular formula is C26H30N6O. The van der Waals surface area contributed by atoms with Gasteiger partial charge in [0.2, 0.25) is 0 Å². The van der Waals surface area contributed by atoms with Gasteiger partial charge in [-0.3, -0.25) is 4.79 Å². The first kappa shape index (κ1) is 21.4. The van der Waals surface area contributed by atoms with Crippen LogP contribution < -0.4 is 5.32 Å². The summed E-state index contributed by atoms with van der Waals surface area (Å²) in [5.74, 6) is 0.352. The Morgan fingerprint density at radius 2 is 1.91 bits per heavy atom. The first-order valence-corrected chi connectivity index (χ1v) is 11.5. The molecule has 0 spiro atoms. The molecule has 1 amide bonds. The van der Waals surface area contributed by atoms with Crippen LogP contribution in [0.5, 0.6) is 0 Å². The summed E-state index contributed by atoms with van der Waals surface area (Å²) in [6, 6.07) is 9.99. The molecule has 0 bridgehead atoms. The van der Waals surface area contributed by atoms with Gasteiger partial charge < -0.3 is 9.88 Å². The number of hydrogen-bond acceptors (Lipinski definition) is 4. The van der Waals surface area contributed by atoms with Crippen molar-refractivity contribution in [2.24, 2.45) is 0 Å². The van der Waals surface area contributed by atoms with Crippen molar-refractivity contribution in [2.45, 2.75) is 65.0 Å². The van der Waals surface area contributed by atoms with E-state index >= 15 is 0 Å². The summed E-state index contributed by atoms with van der Waals surface area (Å²) < 4.78 is 3.91. The summed E-state index contributed by atoms with van der Waals surface area (Å²) in [6.45, 7) is 10.3. The SMILES string of the molecule is Cc1nn(C(C)(C)C)c2nc(C3CC3)cc(C(=O)NC(C)c3ccc(-n4ccnc4)cc3)c12. The van der Waals surface area contributed by atoms with E-state index in [0.29, 0.717) is 11.5 Å². The smallest absolute Gasteiger partial charge is 0.252 e. The number of nitrogens with one attached hydrogen (secondary N) is 1. The fraction of sp³-hybridized carbons (Fsp3) is 0.385. The molecule has 1 aliphatic carbocycles. The van der Waals surface area contributed by atoms with Gasteiger partial charge in [0.05, 0.1) is 34.6 Å². The molecule has 1 aromatic carbocycles. The van der Waals surface area contributed by atoms with Gasteiger partial charge in [-0.15, -0.1) is 0 Å². The van der Waals surface area contributed by atoms with Crippen LogP contribution in [0.15, 0.2) is 49.1 Å². The van der Waals surface area contributed by atoms with E-state index in [0.717, 1.165) is 46.5 Å². The standard InChI is InChI=1S/C26H30N6O/c1-16(18-8-10-20(11-9-18)31-13-12-27-15-31)28-25(33)21-14-22(19-6-7-19)29-24-23(21)17(2)30-32(24)26(3,4)5/h8-16,19H,6-7H2,1-5H3,(H,28,33). The number of imidazole rings is 1. The van der Waals surface area contributed by atoms with Crippen molar-refractivity contribution in [1.82, 2.24) is 29.6 Å². The Morgan fingerprint density at radius 1 is 1.18 bits per heavy atom. The topological polar surface area (TPSA) is 77.6 Å². The second-order valence-corrected chi connectivity index (χ2v) is 9.99. The van der Waals surface area contributed by atoms with Crippen LogP contribution >= 0.6 is 0 Å². The molecule has 1 aliphatic rings. The van der Waals surface area contributed by atoms with Crippen LogP contribution in [-0.4, -0.2) is 30.2 Å². The maximum Gasteiger partial charge on any atom is 0.252 e. The van der Waals surface area contributed by atoms with Crippen LogP contribution in [-0.2, 0) is 5.54 Å². The van der Waals surface area contributed by atoms with Crippen molar-refractivity contribution < 1.29 is 4.79 Å². The molecule has 5 rings (SSSR count). The van der Waals surface area contributed by atoms with Gasteiger partial charge in [-0.25, -0.2) is 14.6 Å². The van der Waals surface area contributed by atoms with Gasteiger partial charge in [0, 0.05) is 29.7 Å². The van der Waals surface area contributed by atoms with E-state index in [1.807, 2.05) is 59.6 Å². The van der Waals surface area contributed by atoms with E-state index < -0.39 is 0 Å². The van der Waals surface area contributed by atoms with Crippen LogP contribution in [0.4, 0.5) is 0 Å². The van der Waals surface area contributed by atoms with E-state index in [1.165, 1.54) is 0 Å². The highest BCUT2D eigenvalue weighted by atomic mass is 16.1. The van der Waals surface area contributed by atoms with Gasteiger partial charge in [0.1, 0.15) is 0 Å². The molecule has 170 valence electrons. The third kappa shape index (κ3) is 4.03. The lowest BCUT2D eigenvalue weighted by Gasteiger charge is -2.20. The zero-order chi connectivity index (χ0) is 23.3. The molecular weight excluding hydrogens is 412 g/mol. The number of carbonyl (C=O) groups is 1. The average Bonchev–Trinajstić information content (AvgIpc) is 3.37. The second-order valence-electron chi connectivity index (χ2n) is 9.99. The Morgan fingerprint density at radius 3 is 2.52 bits per heavy atom. The van der Waals surface area contributed by atoms with Crippen LogP contribution in [0.2, 0.25) is 0 Å². The molecule has 3 heterocycles. The Kier molecular flexibility index (Phi) is 5.07. The minimum atomic E-state index is -0.223. The van der Waals surface area contributed by atoms with Crippen LogP contribution in [0.1, 0.15) is 79.8 Å². The fourth-order valence-electron chi connectivity index (χ4n) is 4.25. The van der Waals surface area contributed by atoms with Gasteiger partial charge in [-0.2, -0.15) is 5.10 Å². The van der Waals surface area contributed by atoms with Gasteiger partial charge in [-0.1, -0.05) is 12.1 Å². The molecule has 0 aliphatic heterocycles. The van der Waals surface area contributed by atoms with Gasteiger partial charge in [-0.05, 0) is 71.2 Å². The van der Waals surface area contributed by atoms with Crippen LogP contribution in [0, 0.1) is 6.92 Å². The van der Waals surface area contributed by atoms with E-state index in [9.17, 15) is 4.79 Å². The molecule has 1 fully saturated rings. The van der Waals surface area contributed by atoms with Crippen molar-refractivity contribution in [2.75, 3.05) is 0 Å². The number of carbonyl (C=O) groups excluding carboxylic acids is 1. The maximum absolute atomic E-state index is 13.5. The predicted molar refractivity (Wildman–Crippen MR) is 129 cm³/mol. The third-order valence-corrected chi connectivity index (χ3v) is 6.25. The quantitative estimate of drug-likeness (QED) is 0.469. The monoisotopic (exact) mass is 442 g/mol. The number of fused-ring (bicyclic) bond motifs is 1. The molecule has 1 atom stereocenters. The number of rotatable bonds is 5. The molecule has 33 heavy (non-hydrogen) atoms. The molecule has 1 N–H and O–H groups in total. The minimum Gasteiger partial charge on any atom is -0.345 e. The van der Waals surface area contributed by atoms with Gasteiger partial charge in [0.25, 0.3) is 5.91 Å². The van der Waals surface area contributed by atoms with E-state index in [4.69, 9.17) is 10.1 Å². The summed E-state index contributed by atoms with van der Waals surface area (Å²) in [5, 5.41) is 8.80. The molecule has 7 nitrogen and oxygen atoms in total. The lowest BCUT2D eigenvalue weighted by atomic mass is 10.0. The van der Waals surface area contributed by atoms with Crippen molar-refractivity contribution in [3.63, 3.8) is 0 Å². The van der Waals surface area contributed by atoms with Crippen molar-refractivity contribution >= 4 is 16.9 Å². The lowest BCUT2D eigenvalue weighted by Crippen LogP contribution is -2.27. The fourth-order valence-corrected chi connectivity index (χ4v) is 4.25. The molecule has 0 saturated heterocycles. The normalized spacial score (nSPS) is 15.1. The molecule has 3 aromatic heterocycles. The second kappa shape index (κ2) is 7.83. The molecule has 1 saturated carbocycles. The summed E-state index contributed by atoms with van der Waals surface area (Å²) in [5.41, 5.74) is 5.14. The maximum atomic E-state index is 13.5. The van der Waals surface area contributed by atoms with E-state index in [-0.39, 0.29) is 17.5 Å². The average molecular weight is 443 g/mol. The van der Waals surface area contributed by atoms with Gasteiger partial charge in [0.15, 0.2) is 5.65 Å².